The van der Waals surface area contributed by atoms with E-state index >= 15 is 0 Å². The van der Waals surface area contributed by atoms with Crippen molar-refractivity contribution in [2.75, 3.05) is 0 Å². The minimum atomic E-state index is 0.206. The van der Waals surface area contributed by atoms with Gasteiger partial charge in [-0.05, 0) is 12.5 Å². The van der Waals surface area contributed by atoms with Crippen molar-refractivity contribution < 1.29 is 4.79 Å². The fraction of sp³-hybridized carbons (Fsp3) is 0.222. The van der Waals surface area contributed by atoms with Crippen molar-refractivity contribution in [3.63, 3.8) is 0 Å². The molecule has 0 saturated carbocycles. The molecule has 1 aliphatic carbocycles. The van der Waals surface area contributed by atoms with Crippen molar-refractivity contribution in [2.24, 2.45) is 0 Å². The topological polar surface area (TPSA) is 17.1 Å². The molecule has 0 aromatic heterocycles. The first-order valence-electron chi connectivity index (χ1n) is 3.28. The number of ketones is 1. The molecule has 1 rings (SSSR count). The van der Waals surface area contributed by atoms with Crippen molar-refractivity contribution in [1.82, 2.24) is 0 Å². The largest absolute Gasteiger partial charge is 0.294 e. The highest BCUT2D eigenvalue weighted by Gasteiger charge is 2.11. The highest BCUT2D eigenvalue weighted by molar-refractivity contribution is 6.02. The number of hydrogen-bond donors (Lipinski definition) is 0. The standard InChI is InChI=1S/C9H10O/c1-3-7(2)8-5-4-6-9(8)10/h3-5H,1,6H2,2H3/b8-7-. The Bertz CT molecular complexity index is 231. The summed E-state index contributed by atoms with van der Waals surface area (Å²) in [5, 5.41) is 0. The third kappa shape index (κ3) is 1.08. The number of Topliss-reactive ketones (excluding diaryl/α,β-unsaturated/α-hetero) is 1. The van der Waals surface area contributed by atoms with Crippen LogP contribution in [0.25, 0.3) is 0 Å². The zero-order valence-electron chi connectivity index (χ0n) is 6.05. The number of allylic oxidation sites excluding steroid dienone is 5. The molecule has 0 aliphatic heterocycles. The molecule has 0 radical (unpaired) electrons. The minimum Gasteiger partial charge on any atom is -0.294 e. The molecule has 0 amide bonds. The van der Waals surface area contributed by atoms with Crippen LogP contribution in [0.3, 0.4) is 0 Å². The molecule has 1 heteroatoms. The van der Waals surface area contributed by atoms with Gasteiger partial charge in [-0.3, -0.25) is 4.79 Å². The van der Waals surface area contributed by atoms with Crippen LogP contribution in [0.5, 0.6) is 0 Å². The van der Waals surface area contributed by atoms with Gasteiger partial charge in [0.15, 0.2) is 5.78 Å². The van der Waals surface area contributed by atoms with E-state index in [0.717, 1.165) is 11.1 Å². The van der Waals surface area contributed by atoms with E-state index in [9.17, 15) is 4.79 Å². The van der Waals surface area contributed by atoms with Crippen molar-refractivity contribution in [2.45, 2.75) is 13.3 Å². The summed E-state index contributed by atoms with van der Waals surface area (Å²) in [7, 11) is 0. The Morgan fingerprint density at radius 1 is 1.80 bits per heavy atom. The molecule has 0 saturated heterocycles. The van der Waals surface area contributed by atoms with Gasteiger partial charge in [-0.2, -0.15) is 0 Å². The molecular weight excluding hydrogens is 124 g/mol. The van der Waals surface area contributed by atoms with Gasteiger partial charge in [0, 0.05) is 12.0 Å². The van der Waals surface area contributed by atoms with Gasteiger partial charge in [0.2, 0.25) is 0 Å². The SMILES string of the molecule is C=C/C(C)=C1/C=CCC1=O. The summed E-state index contributed by atoms with van der Waals surface area (Å²) in [6.07, 6.45) is 6.01. The molecule has 10 heavy (non-hydrogen) atoms. The third-order valence-corrected chi connectivity index (χ3v) is 1.62. The normalized spacial score (nSPS) is 21.5. The summed E-state index contributed by atoms with van der Waals surface area (Å²) >= 11 is 0. The van der Waals surface area contributed by atoms with E-state index in [2.05, 4.69) is 6.58 Å². The predicted molar refractivity (Wildman–Crippen MR) is 41.7 cm³/mol. The Balaban J connectivity index is 3.00. The molecule has 52 valence electrons. The van der Waals surface area contributed by atoms with E-state index in [4.69, 9.17) is 0 Å². The van der Waals surface area contributed by atoms with Gasteiger partial charge >= 0.3 is 0 Å². The van der Waals surface area contributed by atoms with E-state index in [0.29, 0.717) is 6.42 Å². The van der Waals surface area contributed by atoms with Gasteiger partial charge in [0.25, 0.3) is 0 Å². The smallest absolute Gasteiger partial charge is 0.166 e. The summed E-state index contributed by atoms with van der Waals surface area (Å²) in [4.78, 5) is 11.0. The number of hydrogen-bond acceptors (Lipinski definition) is 1. The maximum atomic E-state index is 11.0. The highest BCUT2D eigenvalue weighted by Crippen LogP contribution is 2.16. The molecular formula is C9H10O. The monoisotopic (exact) mass is 134 g/mol. The van der Waals surface area contributed by atoms with Gasteiger partial charge in [0.05, 0.1) is 0 Å². The van der Waals surface area contributed by atoms with Gasteiger partial charge in [-0.1, -0.05) is 24.8 Å². The quantitative estimate of drug-likeness (QED) is 0.501. The van der Waals surface area contributed by atoms with Gasteiger partial charge < -0.3 is 0 Å². The van der Waals surface area contributed by atoms with Crippen molar-refractivity contribution in [3.8, 4) is 0 Å². The van der Waals surface area contributed by atoms with Crippen molar-refractivity contribution in [1.29, 1.82) is 0 Å². The van der Waals surface area contributed by atoms with Crippen LogP contribution < -0.4 is 0 Å². The summed E-state index contributed by atoms with van der Waals surface area (Å²) in [5.74, 6) is 0.206. The molecule has 1 nitrogen and oxygen atoms in total. The van der Waals surface area contributed by atoms with Crippen LogP contribution in [0.15, 0.2) is 36.0 Å². The second-order valence-corrected chi connectivity index (χ2v) is 2.33. The Morgan fingerprint density at radius 3 is 2.90 bits per heavy atom. The molecule has 0 spiro atoms. The predicted octanol–water partition coefficient (Wildman–Crippen LogP) is 2.02. The van der Waals surface area contributed by atoms with Crippen LogP contribution >= 0.6 is 0 Å². The second-order valence-electron chi connectivity index (χ2n) is 2.33. The molecule has 0 aromatic carbocycles. The van der Waals surface area contributed by atoms with Gasteiger partial charge in [-0.25, -0.2) is 0 Å². The maximum Gasteiger partial charge on any atom is 0.166 e. The zero-order chi connectivity index (χ0) is 7.56. The summed E-state index contributed by atoms with van der Waals surface area (Å²) in [6.45, 7) is 5.49. The minimum absolute atomic E-state index is 0.206. The summed E-state index contributed by atoms with van der Waals surface area (Å²) in [5.41, 5.74) is 1.79. The molecule has 0 fully saturated rings. The van der Waals surface area contributed by atoms with Crippen molar-refractivity contribution >= 4 is 5.78 Å². The van der Waals surface area contributed by atoms with E-state index in [1.54, 1.807) is 6.08 Å². The number of carbonyl (C=O) groups is 1. The van der Waals surface area contributed by atoms with Crippen LogP contribution in [0.4, 0.5) is 0 Å². The summed E-state index contributed by atoms with van der Waals surface area (Å²) < 4.78 is 0. The molecule has 0 N–H and O–H groups in total. The van der Waals surface area contributed by atoms with Crippen LogP contribution in [0, 0.1) is 0 Å². The van der Waals surface area contributed by atoms with Gasteiger partial charge in [0.1, 0.15) is 0 Å². The Hall–Kier alpha value is -1.11. The number of carbonyl (C=O) groups excluding carboxylic acids is 1. The van der Waals surface area contributed by atoms with Crippen molar-refractivity contribution in [3.05, 3.63) is 36.0 Å². The van der Waals surface area contributed by atoms with Crippen LogP contribution in [0.1, 0.15) is 13.3 Å². The highest BCUT2D eigenvalue weighted by atomic mass is 16.1. The fourth-order valence-electron chi connectivity index (χ4n) is 0.948. The fourth-order valence-corrected chi connectivity index (χ4v) is 0.948. The van der Waals surface area contributed by atoms with E-state index in [1.807, 2.05) is 19.1 Å². The molecule has 0 atom stereocenters. The third-order valence-electron chi connectivity index (χ3n) is 1.62. The Morgan fingerprint density at radius 2 is 2.50 bits per heavy atom. The Labute approximate surface area is 60.7 Å². The lowest BCUT2D eigenvalue weighted by atomic mass is 10.1. The Kier molecular flexibility index (Phi) is 1.86. The van der Waals surface area contributed by atoms with Crippen LogP contribution in [-0.2, 0) is 4.79 Å². The lowest BCUT2D eigenvalue weighted by Crippen LogP contribution is -1.94. The molecule has 0 unspecified atom stereocenters. The molecule has 0 heterocycles. The molecule has 0 aromatic rings. The van der Waals surface area contributed by atoms with Crippen LogP contribution in [0.2, 0.25) is 0 Å². The lowest BCUT2D eigenvalue weighted by Gasteiger charge is -1.94. The lowest BCUT2D eigenvalue weighted by molar-refractivity contribution is -0.114. The first-order valence-corrected chi connectivity index (χ1v) is 3.28. The zero-order valence-corrected chi connectivity index (χ0v) is 6.05. The summed E-state index contributed by atoms with van der Waals surface area (Å²) in [6, 6.07) is 0. The van der Waals surface area contributed by atoms with E-state index in [1.165, 1.54) is 0 Å². The average molecular weight is 134 g/mol. The first kappa shape index (κ1) is 7.00. The van der Waals surface area contributed by atoms with Crippen LogP contribution in [-0.4, -0.2) is 5.78 Å². The average Bonchev–Trinajstić information content (AvgIpc) is 2.34. The second kappa shape index (κ2) is 2.65. The molecule has 1 aliphatic rings. The molecule has 0 bridgehead atoms. The van der Waals surface area contributed by atoms with Gasteiger partial charge in [-0.15, -0.1) is 0 Å². The maximum absolute atomic E-state index is 11.0. The number of rotatable bonds is 1. The van der Waals surface area contributed by atoms with E-state index < -0.39 is 0 Å². The first-order chi connectivity index (χ1) is 4.75. The van der Waals surface area contributed by atoms with E-state index in [-0.39, 0.29) is 5.78 Å².